The lowest BCUT2D eigenvalue weighted by atomic mass is 9.97. The number of carbonyl (C=O) groups is 1. The van der Waals surface area contributed by atoms with E-state index in [1.165, 1.54) is 11.2 Å². The van der Waals surface area contributed by atoms with Crippen LogP contribution in [0.3, 0.4) is 0 Å². The van der Waals surface area contributed by atoms with E-state index in [0.717, 1.165) is 12.3 Å². The summed E-state index contributed by atoms with van der Waals surface area (Å²) in [7, 11) is -3.26. The molecule has 1 aromatic heterocycles. The average molecular weight is 394 g/mol. The predicted octanol–water partition coefficient (Wildman–Crippen LogP) is 1.13. The number of sulfonamides is 1. The number of hydrogen-bond donors (Lipinski definition) is 1. The molecule has 2 rings (SSSR count). The molecule has 2 heterocycles. The van der Waals surface area contributed by atoms with Gasteiger partial charge >= 0.3 is 6.18 Å². The van der Waals surface area contributed by atoms with Crippen LogP contribution in [0.4, 0.5) is 13.2 Å². The Morgan fingerprint density at radius 3 is 2.46 bits per heavy atom. The highest BCUT2D eigenvalue weighted by Crippen LogP contribution is 2.27. The van der Waals surface area contributed by atoms with Gasteiger partial charge in [0.25, 0.3) is 0 Å². The zero-order chi connectivity index (χ0) is 19.5. The molecule has 0 radical (unpaired) electrons. The smallest absolute Gasteiger partial charge is 0.355 e. The molecule has 1 amide bonds. The van der Waals surface area contributed by atoms with Crippen LogP contribution in [0.2, 0.25) is 0 Å². The van der Waals surface area contributed by atoms with Gasteiger partial charge in [-0.2, -0.15) is 13.2 Å². The molecule has 0 bridgehead atoms. The molecule has 11 heteroatoms. The van der Waals surface area contributed by atoms with Gasteiger partial charge < -0.3 is 5.32 Å². The SMILES string of the molecule is Cc1cc(C(F)(F)F)nc(CCNC(=O)C2CCN(S(C)(=O)=O)CC2)n1. The van der Waals surface area contributed by atoms with E-state index in [4.69, 9.17) is 0 Å². The molecule has 0 saturated carbocycles. The molecule has 0 aliphatic carbocycles. The summed E-state index contributed by atoms with van der Waals surface area (Å²) in [6.07, 6.45) is -2.50. The number of hydrogen-bond acceptors (Lipinski definition) is 5. The van der Waals surface area contributed by atoms with Gasteiger partial charge in [-0.15, -0.1) is 0 Å². The van der Waals surface area contributed by atoms with E-state index >= 15 is 0 Å². The molecule has 0 atom stereocenters. The minimum Gasteiger partial charge on any atom is -0.355 e. The first-order valence-corrected chi connectivity index (χ1v) is 9.96. The number of piperidine rings is 1. The van der Waals surface area contributed by atoms with Gasteiger partial charge in [-0.3, -0.25) is 4.79 Å². The predicted molar refractivity (Wildman–Crippen MR) is 87.6 cm³/mol. The Morgan fingerprint density at radius 1 is 1.31 bits per heavy atom. The third kappa shape index (κ3) is 5.63. The number of rotatable bonds is 5. The minimum absolute atomic E-state index is 0.0181. The van der Waals surface area contributed by atoms with E-state index in [1.807, 2.05) is 0 Å². The van der Waals surface area contributed by atoms with E-state index in [2.05, 4.69) is 15.3 Å². The maximum absolute atomic E-state index is 12.7. The van der Waals surface area contributed by atoms with Crippen molar-refractivity contribution in [1.29, 1.82) is 0 Å². The number of nitrogens with one attached hydrogen (secondary N) is 1. The average Bonchev–Trinajstić information content (AvgIpc) is 2.52. The second-order valence-electron chi connectivity index (χ2n) is 6.29. The molecule has 1 fully saturated rings. The minimum atomic E-state index is -4.54. The van der Waals surface area contributed by atoms with E-state index in [-0.39, 0.29) is 49.4 Å². The number of aryl methyl sites for hydroxylation is 1. The van der Waals surface area contributed by atoms with E-state index in [0.29, 0.717) is 12.8 Å². The normalized spacial score (nSPS) is 17.3. The highest BCUT2D eigenvalue weighted by Gasteiger charge is 2.33. The van der Waals surface area contributed by atoms with Crippen molar-refractivity contribution in [3.05, 3.63) is 23.3 Å². The van der Waals surface area contributed by atoms with Gasteiger partial charge in [0.2, 0.25) is 15.9 Å². The Labute approximate surface area is 150 Å². The standard InChI is InChI=1S/C15H21F3N4O3S/c1-10-9-12(15(16,17)18)21-13(20-10)3-6-19-14(23)11-4-7-22(8-5-11)26(2,24)25/h9,11H,3-8H2,1-2H3,(H,19,23). The topological polar surface area (TPSA) is 92.3 Å². The zero-order valence-electron chi connectivity index (χ0n) is 14.5. The quantitative estimate of drug-likeness (QED) is 0.808. The second-order valence-corrected chi connectivity index (χ2v) is 8.27. The molecule has 26 heavy (non-hydrogen) atoms. The van der Waals surface area contributed by atoms with E-state index < -0.39 is 21.9 Å². The lowest BCUT2D eigenvalue weighted by molar-refractivity contribution is -0.141. The second kappa shape index (κ2) is 7.87. The van der Waals surface area contributed by atoms with Gasteiger partial charge in [0, 0.05) is 37.7 Å². The summed E-state index contributed by atoms with van der Waals surface area (Å²) < 4.78 is 62.5. The summed E-state index contributed by atoms with van der Waals surface area (Å²) in [6.45, 7) is 2.14. The molecule has 1 N–H and O–H groups in total. The van der Waals surface area contributed by atoms with Crippen molar-refractivity contribution in [1.82, 2.24) is 19.6 Å². The molecule has 1 aromatic rings. The first kappa shape index (κ1) is 20.6. The van der Waals surface area contributed by atoms with Crippen molar-refractivity contribution >= 4 is 15.9 Å². The Hall–Kier alpha value is -1.75. The van der Waals surface area contributed by atoms with Crippen LogP contribution >= 0.6 is 0 Å². The fourth-order valence-electron chi connectivity index (χ4n) is 2.78. The number of alkyl halides is 3. The molecule has 1 saturated heterocycles. The summed E-state index contributed by atoms with van der Waals surface area (Å²) in [5.74, 6) is -0.525. The lowest BCUT2D eigenvalue weighted by Gasteiger charge is -2.29. The van der Waals surface area contributed by atoms with Gasteiger partial charge in [0.05, 0.1) is 6.26 Å². The molecule has 0 spiro atoms. The summed E-state index contributed by atoms with van der Waals surface area (Å²) in [5, 5.41) is 2.66. The number of carbonyl (C=O) groups excluding carboxylic acids is 1. The van der Waals surface area contributed by atoms with Gasteiger partial charge in [-0.1, -0.05) is 0 Å². The fourth-order valence-corrected chi connectivity index (χ4v) is 3.65. The summed E-state index contributed by atoms with van der Waals surface area (Å²) in [4.78, 5) is 19.6. The van der Waals surface area contributed by atoms with Crippen LogP contribution in [-0.4, -0.2) is 54.5 Å². The summed E-state index contributed by atoms with van der Waals surface area (Å²) in [6, 6.07) is 0.873. The maximum Gasteiger partial charge on any atom is 0.433 e. The van der Waals surface area contributed by atoms with Gasteiger partial charge in [0.15, 0.2) is 0 Å². The highest BCUT2D eigenvalue weighted by atomic mass is 32.2. The first-order valence-electron chi connectivity index (χ1n) is 8.11. The number of amides is 1. The molecule has 1 aliphatic heterocycles. The Morgan fingerprint density at radius 2 is 1.92 bits per heavy atom. The third-order valence-corrected chi connectivity index (χ3v) is 5.44. The summed E-state index contributed by atoms with van der Waals surface area (Å²) in [5.41, 5.74) is -0.790. The van der Waals surface area contributed by atoms with Crippen molar-refractivity contribution in [2.45, 2.75) is 32.4 Å². The van der Waals surface area contributed by atoms with Crippen LogP contribution in [0.25, 0.3) is 0 Å². The summed E-state index contributed by atoms with van der Waals surface area (Å²) >= 11 is 0. The number of halogens is 3. The van der Waals surface area contributed by atoms with Gasteiger partial charge in [-0.05, 0) is 25.8 Å². The van der Waals surface area contributed by atoms with Crippen LogP contribution in [0.1, 0.15) is 30.1 Å². The number of aromatic nitrogens is 2. The maximum atomic E-state index is 12.7. The van der Waals surface area contributed by atoms with Crippen LogP contribution in [0, 0.1) is 12.8 Å². The van der Waals surface area contributed by atoms with Crippen LogP contribution in [0.15, 0.2) is 6.07 Å². The lowest BCUT2D eigenvalue weighted by Crippen LogP contribution is -2.43. The van der Waals surface area contributed by atoms with E-state index in [1.54, 1.807) is 0 Å². The molecule has 0 unspecified atom stereocenters. The van der Waals surface area contributed by atoms with E-state index in [9.17, 15) is 26.4 Å². The molecular weight excluding hydrogens is 373 g/mol. The van der Waals surface area contributed by atoms with Crippen molar-refractivity contribution in [2.24, 2.45) is 5.92 Å². The highest BCUT2D eigenvalue weighted by molar-refractivity contribution is 7.88. The third-order valence-electron chi connectivity index (χ3n) is 4.13. The van der Waals surface area contributed by atoms with Gasteiger partial charge in [-0.25, -0.2) is 22.7 Å². The first-order chi connectivity index (χ1) is 12.0. The Balaban J connectivity index is 1.85. The zero-order valence-corrected chi connectivity index (χ0v) is 15.3. The number of nitrogens with zero attached hydrogens (tertiary/aromatic N) is 3. The molecule has 7 nitrogen and oxygen atoms in total. The largest absolute Gasteiger partial charge is 0.433 e. The van der Waals surface area contributed by atoms with Crippen LogP contribution in [-0.2, 0) is 27.4 Å². The van der Waals surface area contributed by atoms with Crippen LogP contribution < -0.4 is 5.32 Å². The van der Waals surface area contributed by atoms with Gasteiger partial charge in [0.1, 0.15) is 11.5 Å². The van der Waals surface area contributed by atoms with Crippen molar-refractivity contribution in [3.63, 3.8) is 0 Å². The fraction of sp³-hybridized carbons (Fsp3) is 0.667. The Bertz CT molecular complexity index is 760. The van der Waals surface area contributed by atoms with Crippen molar-refractivity contribution < 1.29 is 26.4 Å². The molecule has 0 aromatic carbocycles. The molecule has 1 aliphatic rings. The molecular formula is C15H21F3N4O3S. The van der Waals surface area contributed by atoms with Crippen LogP contribution in [0.5, 0.6) is 0 Å². The Kier molecular flexibility index (Phi) is 6.22. The van der Waals surface area contributed by atoms with Crippen molar-refractivity contribution in [2.75, 3.05) is 25.9 Å². The monoisotopic (exact) mass is 394 g/mol. The molecule has 146 valence electrons. The van der Waals surface area contributed by atoms with Crippen molar-refractivity contribution in [3.8, 4) is 0 Å².